The molecule has 15 atom stereocenters. The van der Waals surface area contributed by atoms with Crippen molar-refractivity contribution in [2.45, 2.75) is 154 Å². The second-order valence-corrected chi connectivity index (χ2v) is 23.3. The molecule has 512 valence electrons. The maximum absolute atomic E-state index is 14.7. The molecule has 0 bridgehead atoms. The zero-order chi connectivity index (χ0) is 69.4. The lowest BCUT2D eigenvalue weighted by Gasteiger charge is -2.49. The number of rotatable bonds is 24. The molecule has 6 aromatic rings. The van der Waals surface area contributed by atoms with Crippen LogP contribution in [0.4, 0.5) is 0 Å². The fraction of sp³-hybridized carbons (Fsp3) is 0.375. The highest BCUT2D eigenvalue weighted by Gasteiger charge is 2.59. The summed E-state index contributed by atoms with van der Waals surface area (Å²) in [5.41, 5.74) is 3.92. The van der Waals surface area contributed by atoms with Gasteiger partial charge in [-0.2, -0.15) is 0 Å². The molecule has 3 aliphatic heterocycles. The van der Waals surface area contributed by atoms with E-state index in [1.165, 1.54) is 60.7 Å². The van der Waals surface area contributed by atoms with Gasteiger partial charge in [0.15, 0.2) is 61.6 Å². The summed E-state index contributed by atoms with van der Waals surface area (Å²) in [6.07, 6.45) is -27.5. The minimum absolute atomic E-state index is 0.00158. The van der Waals surface area contributed by atoms with Crippen LogP contribution in [0.2, 0.25) is 0 Å². The summed E-state index contributed by atoms with van der Waals surface area (Å²) in [7, 11) is 0. The van der Waals surface area contributed by atoms with E-state index in [1.54, 1.807) is 118 Å². The molecular weight excluding hydrogens is 1260 g/mol. The van der Waals surface area contributed by atoms with Gasteiger partial charge in [0.2, 0.25) is 0 Å². The Bertz CT molecular complexity index is 3700. The molecule has 0 amide bonds. The first kappa shape index (κ1) is 71.6. The van der Waals surface area contributed by atoms with E-state index in [1.807, 2.05) is 6.92 Å². The van der Waals surface area contributed by atoms with Gasteiger partial charge in [-0.05, 0) is 93.9 Å². The van der Waals surface area contributed by atoms with Crippen LogP contribution in [0.3, 0.4) is 0 Å². The molecule has 0 aliphatic carbocycles. The molecule has 3 fully saturated rings. The van der Waals surface area contributed by atoms with Gasteiger partial charge in [0, 0.05) is 27.7 Å². The first-order chi connectivity index (χ1) is 46.5. The van der Waals surface area contributed by atoms with Gasteiger partial charge in [-0.1, -0.05) is 119 Å². The van der Waals surface area contributed by atoms with E-state index in [4.69, 9.17) is 71.1 Å². The monoisotopic (exact) mass is 1340 g/mol. The maximum Gasteiger partial charge on any atom is 0.338 e. The molecule has 3 saturated heterocycles. The van der Waals surface area contributed by atoms with Crippen molar-refractivity contribution in [2.24, 2.45) is 0 Å². The maximum atomic E-state index is 14.7. The molecule has 0 spiro atoms. The minimum atomic E-state index is -2.22. The van der Waals surface area contributed by atoms with Gasteiger partial charge in [-0.25, -0.2) is 24.0 Å². The molecule has 3 heterocycles. The van der Waals surface area contributed by atoms with E-state index in [0.29, 0.717) is 5.56 Å². The lowest BCUT2D eigenvalue weighted by molar-refractivity contribution is -0.365. The third kappa shape index (κ3) is 19.3. The minimum Gasteiger partial charge on any atom is -0.463 e. The van der Waals surface area contributed by atoms with Gasteiger partial charge in [-0.15, -0.1) is 0 Å². The summed E-state index contributed by atoms with van der Waals surface area (Å²) in [6, 6.07) is 41.5. The summed E-state index contributed by atoms with van der Waals surface area (Å²) in [6.45, 7) is 8.85. The van der Waals surface area contributed by atoms with Gasteiger partial charge < -0.3 is 76.2 Å². The van der Waals surface area contributed by atoms with Crippen molar-refractivity contribution in [2.75, 3.05) is 19.8 Å². The number of aliphatic hydroxyl groups excluding tert-OH is 1. The Hall–Kier alpha value is -9.73. The lowest BCUT2D eigenvalue weighted by Crippen LogP contribution is -2.67. The number of aliphatic hydroxyl groups is 1. The number of aryl methyl sites for hydroxylation is 4. The molecule has 1 N–H and O–H groups in total. The van der Waals surface area contributed by atoms with Crippen LogP contribution in [0.25, 0.3) is 0 Å². The van der Waals surface area contributed by atoms with Gasteiger partial charge in [0.05, 0.1) is 41.0 Å². The van der Waals surface area contributed by atoms with Crippen molar-refractivity contribution in [3.05, 3.63) is 213 Å². The van der Waals surface area contributed by atoms with Crippen molar-refractivity contribution in [3.63, 3.8) is 0 Å². The number of benzene rings is 6. The van der Waals surface area contributed by atoms with Crippen LogP contribution >= 0.6 is 0 Å². The van der Waals surface area contributed by atoms with E-state index in [-0.39, 0.29) is 34.4 Å². The van der Waals surface area contributed by atoms with Gasteiger partial charge >= 0.3 is 53.7 Å². The zero-order valence-electron chi connectivity index (χ0n) is 54.2. The van der Waals surface area contributed by atoms with Crippen molar-refractivity contribution < 1.29 is 119 Å². The third-order valence-corrected chi connectivity index (χ3v) is 15.7. The highest BCUT2D eigenvalue weighted by Crippen LogP contribution is 2.38. The number of esters is 9. The smallest absolute Gasteiger partial charge is 0.338 e. The molecule has 97 heavy (non-hydrogen) atoms. The predicted molar refractivity (Wildman–Crippen MR) is 336 cm³/mol. The summed E-state index contributed by atoms with van der Waals surface area (Å²) >= 11 is 0. The molecule has 6 aromatic carbocycles. The topological polar surface area (TPSA) is 312 Å². The Balaban J connectivity index is 1.17. The van der Waals surface area contributed by atoms with Crippen molar-refractivity contribution in [1.29, 1.82) is 0 Å². The van der Waals surface area contributed by atoms with E-state index in [2.05, 4.69) is 0 Å². The summed E-state index contributed by atoms with van der Waals surface area (Å²) in [5, 5.41) is 12.4. The highest BCUT2D eigenvalue weighted by atomic mass is 16.8. The number of hydrogen-bond acceptors (Lipinski definition) is 25. The van der Waals surface area contributed by atoms with Crippen molar-refractivity contribution >= 4 is 53.7 Å². The average Bonchev–Trinajstić information content (AvgIpc) is 0.781. The first-order valence-corrected chi connectivity index (χ1v) is 31.0. The molecule has 25 heteroatoms. The Kier molecular flexibility index (Phi) is 24.6. The van der Waals surface area contributed by atoms with Crippen LogP contribution in [-0.4, -0.2) is 171 Å². The number of hydrogen-bond donors (Lipinski definition) is 1. The lowest BCUT2D eigenvalue weighted by atomic mass is 9.95. The third-order valence-electron chi connectivity index (χ3n) is 15.7. The molecule has 0 radical (unpaired) electrons. The summed E-state index contributed by atoms with van der Waals surface area (Å²) in [5.74, 6) is -8.54. The highest BCUT2D eigenvalue weighted by molar-refractivity contribution is 5.92. The van der Waals surface area contributed by atoms with E-state index in [0.717, 1.165) is 49.9 Å². The van der Waals surface area contributed by atoms with Crippen LogP contribution in [0.1, 0.15) is 107 Å². The predicted octanol–water partition coefficient (Wildman–Crippen LogP) is 7.49. The van der Waals surface area contributed by atoms with Crippen molar-refractivity contribution in [1.82, 2.24) is 0 Å². The Labute approximate surface area is 558 Å². The van der Waals surface area contributed by atoms with Crippen molar-refractivity contribution in [3.8, 4) is 0 Å². The molecule has 0 unspecified atom stereocenters. The Morgan fingerprint density at radius 2 is 0.691 bits per heavy atom. The molecule has 0 saturated carbocycles. The Morgan fingerprint density at radius 1 is 0.330 bits per heavy atom. The zero-order valence-corrected chi connectivity index (χ0v) is 54.2. The second-order valence-electron chi connectivity index (χ2n) is 23.3. The largest absolute Gasteiger partial charge is 0.463 e. The van der Waals surface area contributed by atoms with Crippen LogP contribution in [0.15, 0.2) is 158 Å². The van der Waals surface area contributed by atoms with Crippen LogP contribution in [0, 0.1) is 27.7 Å². The number of carbonyl (C=O) groups is 9. The number of carbonyl (C=O) groups excluding carboxylic acids is 9. The van der Waals surface area contributed by atoms with Crippen LogP contribution < -0.4 is 0 Å². The second kappa shape index (κ2) is 33.3. The summed E-state index contributed by atoms with van der Waals surface area (Å²) in [4.78, 5) is 123. The SMILES string of the molecule is CC(=O)OC[C@H]1O[C@@H](O[C@@H]2[C@@H](OC(=O)c3ccccc3)[C@@H](O)O[C@H](CO[C@@H]3O[C@H](COC(=O)c4ccc(C)cc4)[C@@H](OC(=O)c4ccc(C)cc4)[C@H](OC(=O)c4ccc(C)cc4)[C@H]3OC(=O)c3ccc(C)cc3)[C@H]2OCc2ccccc2)[C@H](OC(C)=O)[C@@H](OC(C)=O)[C@@H]1OC(C)=O. The fourth-order valence-electron chi connectivity index (χ4n) is 10.8. The molecule has 25 nitrogen and oxygen atoms in total. The van der Waals surface area contributed by atoms with E-state index >= 15 is 0 Å². The quantitative estimate of drug-likeness (QED) is 0.0453. The van der Waals surface area contributed by atoms with Gasteiger partial charge in [-0.3, -0.25) is 19.2 Å². The molecule has 9 rings (SSSR count). The van der Waals surface area contributed by atoms with Gasteiger partial charge in [0.25, 0.3) is 0 Å². The normalized spacial score (nSPS) is 25.2. The van der Waals surface area contributed by atoms with E-state index < -0.39 is 166 Å². The Morgan fingerprint density at radius 3 is 1.18 bits per heavy atom. The standard InChI is InChI=1S/C72H74O25/c1-39-19-27-49(28-20-39)65(77)85-37-55-58(93-67(79)50-29-21-40(2)22-30-50)61(94-68(80)51-31-23-41(3)24-32-51)63(96-69(81)52-33-25-42(4)26-34-52)71(91-55)86-38-53-56(84-35-47-15-11-9-12-16-47)59(62(70(82)90-53)95-66(78)48-17-13-10-14-18-48)97-72-64(89-46(8)76)60(88-45(7)75)57(87-44(6)74)54(92-72)36-83-43(5)73/h9-34,53-64,70-72,82H,35-38H2,1-8H3/t53-,54-,55-,56-,57-,58-,59+,60+,61+,62-,63-,64-,70+,71-,72+/m1/s1. The summed E-state index contributed by atoms with van der Waals surface area (Å²) < 4.78 is 93.2. The van der Waals surface area contributed by atoms with Gasteiger partial charge in [0.1, 0.15) is 43.7 Å². The molecule has 3 aliphatic rings. The molecule has 0 aromatic heterocycles. The van der Waals surface area contributed by atoms with Crippen LogP contribution in [-0.2, 0) is 96.8 Å². The van der Waals surface area contributed by atoms with E-state index in [9.17, 15) is 48.3 Å². The fourth-order valence-corrected chi connectivity index (χ4v) is 10.8. The number of ether oxygens (including phenoxy) is 15. The average molecular weight is 1340 g/mol. The molecular formula is C72H74O25. The van der Waals surface area contributed by atoms with Crippen LogP contribution in [0.5, 0.6) is 0 Å². The first-order valence-electron chi connectivity index (χ1n) is 31.0.